The molecule has 3 amide bonds. The minimum Gasteiger partial charge on any atom is -0.447 e. The highest BCUT2D eigenvalue weighted by molar-refractivity contribution is 5.95. The van der Waals surface area contributed by atoms with Gasteiger partial charge in [-0.3, -0.25) is 4.90 Å². The fourth-order valence-corrected chi connectivity index (χ4v) is 3.95. The fourth-order valence-electron chi connectivity index (χ4n) is 3.95. The lowest BCUT2D eigenvalue weighted by Gasteiger charge is -2.26. The number of halogens is 2. The smallest absolute Gasteiger partial charge is 0.414 e. The van der Waals surface area contributed by atoms with Gasteiger partial charge in [-0.1, -0.05) is 6.07 Å². The van der Waals surface area contributed by atoms with Gasteiger partial charge in [-0.25, -0.2) is 18.4 Å². The lowest BCUT2D eigenvalue weighted by atomic mass is 10.0. The maximum Gasteiger partial charge on any atom is 0.414 e. The predicted octanol–water partition coefficient (Wildman–Crippen LogP) is 4.60. The molecule has 152 valence electrons. The molecule has 2 aromatic rings. The third-order valence-electron chi connectivity index (χ3n) is 5.43. The lowest BCUT2D eigenvalue weighted by Crippen LogP contribution is -2.35. The Balaban J connectivity index is 1.56. The minimum absolute atomic E-state index is 0.183. The molecule has 1 unspecified atom stereocenters. The van der Waals surface area contributed by atoms with Gasteiger partial charge in [0.05, 0.1) is 18.3 Å². The monoisotopic (exact) mass is 401 g/mol. The maximum atomic E-state index is 14.2. The van der Waals surface area contributed by atoms with E-state index in [0.29, 0.717) is 43.9 Å². The zero-order valence-electron chi connectivity index (χ0n) is 16.0. The normalized spacial score (nSPS) is 18.9. The van der Waals surface area contributed by atoms with Crippen LogP contribution >= 0.6 is 0 Å². The number of amides is 3. The van der Waals surface area contributed by atoms with Gasteiger partial charge in [0.15, 0.2) is 0 Å². The summed E-state index contributed by atoms with van der Waals surface area (Å²) in [7, 11) is 0. The zero-order valence-corrected chi connectivity index (χ0v) is 16.0. The third-order valence-corrected chi connectivity index (χ3v) is 5.43. The maximum absolute atomic E-state index is 14.2. The molecule has 1 N–H and O–H groups in total. The largest absolute Gasteiger partial charge is 0.447 e. The summed E-state index contributed by atoms with van der Waals surface area (Å²) >= 11 is 0. The van der Waals surface area contributed by atoms with Crippen molar-refractivity contribution in [3.05, 3.63) is 59.2 Å². The van der Waals surface area contributed by atoms with E-state index in [2.05, 4.69) is 5.32 Å². The van der Waals surface area contributed by atoms with E-state index in [1.165, 1.54) is 9.80 Å². The Morgan fingerprint density at radius 2 is 2.03 bits per heavy atom. The van der Waals surface area contributed by atoms with Crippen LogP contribution in [0, 0.1) is 18.6 Å². The van der Waals surface area contributed by atoms with Gasteiger partial charge in [0.25, 0.3) is 0 Å². The van der Waals surface area contributed by atoms with Crippen molar-refractivity contribution >= 4 is 23.5 Å². The van der Waals surface area contributed by atoms with Crippen molar-refractivity contribution in [2.24, 2.45) is 0 Å². The van der Waals surface area contributed by atoms with Crippen LogP contribution in [0.1, 0.15) is 30.0 Å². The molecule has 0 saturated carbocycles. The number of hydrogen-bond acceptors (Lipinski definition) is 3. The van der Waals surface area contributed by atoms with Crippen molar-refractivity contribution in [2.45, 2.75) is 25.8 Å². The zero-order chi connectivity index (χ0) is 20.5. The summed E-state index contributed by atoms with van der Waals surface area (Å²) in [6.07, 6.45) is 0.844. The quantitative estimate of drug-likeness (QED) is 0.818. The molecule has 2 fully saturated rings. The number of rotatable bonds is 3. The number of hydrogen-bond donors (Lipinski definition) is 1. The molecule has 0 bridgehead atoms. The molecule has 0 radical (unpaired) electrons. The standard InChI is InChI=1S/C21H21F2N3O3/c1-13-17(4-2-5-18(13)26-10-11-29-21(26)28)24-20(27)25-9-3-6-19(25)15-12-14(22)7-8-16(15)23/h2,4-5,7-8,12,19H,3,6,9-11H2,1H3,(H,24,27). The molecule has 0 aliphatic carbocycles. The second-order valence-electron chi connectivity index (χ2n) is 7.16. The summed E-state index contributed by atoms with van der Waals surface area (Å²) < 4.78 is 32.8. The van der Waals surface area contributed by atoms with Gasteiger partial charge >= 0.3 is 12.1 Å². The molecule has 2 aliphatic rings. The molecule has 29 heavy (non-hydrogen) atoms. The number of likely N-dealkylation sites (tertiary alicyclic amines) is 1. The first kappa shape index (κ1) is 19.2. The summed E-state index contributed by atoms with van der Waals surface area (Å²) in [4.78, 5) is 27.8. The van der Waals surface area contributed by atoms with Crippen LogP contribution in [0.5, 0.6) is 0 Å². The van der Waals surface area contributed by atoms with Gasteiger partial charge in [-0.2, -0.15) is 0 Å². The molecule has 0 aromatic heterocycles. The van der Waals surface area contributed by atoms with Gasteiger partial charge in [0.1, 0.15) is 18.2 Å². The van der Waals surface area contributed by atoms with Crippen LogP contribution in [0.4, 0.5) is 29.7 Å². The fraction of sp³-hybridized carbons (Fsp3) is 0.333. The average Bonchev–Trinajstić information content (AvgIpc) is 3.34. The molecule has 4 rings (SSSR count). The Morgan fingerprint density at radius 3 is 2.79 bits per heavy atom. The summed E-state index contributed by atoms with van der Waals surface area (Å²) in [5.41, 5.74) is 2.13. The van der Waals surface area contributed by atoms with E-state index in [-0.39, 0.29) is 11.6 Å². The van der Waals surface area contributed by atoms with E-state index in [4.69, 9.17) is 4.74 Å². The summed E-state index contributed by atoms with van der Waals surface area (Å²) in [6.45, 7) is 3.03. The van der Waals surface area contributed by atoms with E-state index in [1.54, 1.807) is 18.2 Å². The second kappa shape index (κ2) is 7.69. The number of carbonyl (C=O) groups excluding carboxylic acids is 2. The Hall–Kier alpha value is -3.16. The molecule has 2 aromatic carbocycles. The molecule has 2 heterocycles. The Morgan fingerprint density at radius 1 is 1.21 bits per heavy atom. The van der Waals surface area contributed by atoms with Crippen molar-refractivity contribution in [1.29, 1.82) is 0 Å². The van der Waals surface area contributed by atoms with Crippen LogP contribution in [0.25, 0.3) is 0 Å². The van der Waals surface area contributed by atoms with Gasteiger partial charge in [0, 0.05) is 17.8 Å². The Bertz CT molecular complexity index is 966. The van der Waals surface area contributed by atoms with Crippen molar-refractivity contribution < 1.29 is 23.1 Å². The van der Waals surface area contributed by atoms with Crippen LogP contribution in [-0.4, -0.2) is 36.7 Å². The first-order chi connectivity index (χ1) is 14.0. The number of urea groups is 1. The first-order valence-corrected chi connectivity index (χ1v) is 9.52. The predicted molar refractivity (Wildman–Crippen MR) is 104 cm³/mol. The van der Waals surface area contributed by atoms with Gasteiger partial charge in [-0.05, 0) is 55.7 Å². The van der Waals surface area contributed by atoms with Crippen molar-refractivity contribution in [3.8, 4) is 0 Å². The van der Waals surface area contributed by atoms with Crippen molar-refractivity contribution in [1.82, 2.24) is 4.90 Å². The van der Waals surface area contributed by atoms with E-state index < -0.39 is 23.8 Å². The first-order valence-electron chi connectivity index (χ1n) is 9.52. The van der Waals surface area contributed by atoms with E-state index in [9.17, 15) is 18.4 Å². The minimum atomic E-state index is -0.533. The number of carbonyl (C=O) groups is 2. The summed E-state index contributed by atoms with van der Waals surface area (Å²) in [5, 5.41) is 2.86. The van der Waals surface area contributed by atoms with Crippen LogP contribution < -0.4 is 10.2 Å². The highest BCUT2D eigenvalue weighted by Crippen LogP contribution is 2.35. The SMILES string of the molecule is Cc1c(NC(=O)N2CCCC2c2cc(F)ccc2F)cccc1N1CCOC1=O. The number of cyclic esters (lactones) is 1. The van der Waals surface area contributed by atoms with Gasteiger partial charge in [-0.15, -0.1) is 0 Å². The molecule has 2 saturated heterocycles. The Labute approximate surface area is 167 Å². The summed E-state index contributed by atoms with van der Waals surface area (Å²) in [6, 6.07) is 7.67. The molecule has 6 nitrogen and oxygen atoms in total. The molecular formula is C21H21F2N3O3. The summed E-state index contributed by atoms with van der Waals surface area (Å²) in [5.74, 6) is -1.06. The number of benzene rings is 2. The van der Waals surface area contributed by atoms with Crippen molar-refractivity contribution in [2.75, 3.05) is 29.9 Å². The lowest BCUT2D eigenvalue weighted by molar-refractivity contribution is 0.181. The second-order valence-corrected chi connectivity index (χ2v) is 7.16. The van der Waals surface area contributed by atoms with E-state index in [0.717, 1.165) is 23.8 Å². The molecule has 8 heteroatoms. The van der Waals surface area contributed by atoms with Crippen LogP contribution in [0.15, 0.2) is 36.4 Å². The number of ether oxygens (including phenoxy) is 1. The number of anilines is 2. The molecule has 1 atom stereocenters. The highest BCUT2D eigenvalue weighted by atomic mass is 19.1. The molecule has 2 aliphatic heterocycles. The van der Waals surface area contributed by atoms with Gasteiger partial charge < -0.3 is 15.0 Å². The van der Waals surface area contributed by atoms with Crippen molar-refractivity contribution in [3.63, 3.8) is 0 Å². The van der Waals surface area contributed by atoms with Crippen LogP contribution in [-0.2, 0) is 4.74 Å². The van der Waals surface area contributed by atoms with E-state index in [1.807, 2.05) is 6.92 Å². The molecular weight excluding hydrogens is 380 g/mol. The van der Waals surface area contributed by atoms with Crippen LogP contribution in [0.2, 0.25) is 0 Å². The Kier molecular flexibility index (Phi) is 5.08. The average molecular weight is 401 g/mol. The van der Waals surface area contributed by atoms with Crippen LogP contribution in [0.3, 0.4) is 0 Å². The van der Waals surface area contributed by atoms with Gasteiger partial charge in [0.2, 0.25) is 0 Å². The van der Waals surface area contributed by atoms with E-state index >= 15 is 0 Å². The number of nitrogens with one attached hydrogen (secondary N) is 1. The molecule has 0 spiro atoms. The number of nitrogens with zero attached hydrogens (tertiary/aromatic N) is 2. The topological polar surface area (TPSA) is 61.9 Å². The third kappa shape index (κ3) is 3.62. The highest BCUT2D eigenvalue weighted by Gasteiger charge is 2.32.